The highest BCUT2D eigenvalue weighted by atomic mass is 35.5. The number of methoxy groups -OCH3 is 1. The third-order valence-corrected chi connectivity index (χ3v) is 2.13. The van der Waals surface area contributed by atoms with Crippen molar-refractivity contribution >= 4 is 18.3 Å². The van der Waals surface area contributed by atoms with Crippen molar-refractivity contribution in [2.45, 2.75) is 39.8 Å². The van der Waals surface area contributed by atoms with Gasteiger partial charge in [0.15, 0.2) is 0 Å². The van der Waals surface area contributed by atoms with Gasteiger partial charge in [0.05, 0.1) is 12.1 Å². The third kappa shape index (κ3) is 6.71. The molecule has 0 aliphatic rings. The van der Waals surface area contributed by atoms with E-state index in [4.69, 9.17) is 10.5 Å². The molecule has 0 aliphatic carbocycles. The predicted molar refractivity (Wildman–Crippen MR) is 64.2 cm³/mol. The molecule has 0 aliphatic heterocycles. The minimum Gasteiger partial charge on any atom is -0.379 e. The number of rotatable bonds is 4. The molecule has 0 spiro atoms. The first-order valence-corrected chi connectivity index (χ1v) is 4.85. The second-order valence-electron chi connectivity index (χ2n) is 4.62. The Morgan fingerprint density at radius 2 is 1.93 bits per heavy atom. The minimum atomic E-state index is -0.465. The number of hydrogen-bond donors (Lipinski definition) is 2. The highest BCUT2D eigenvalue weighted by Gasteiger charge is 2.24. The first-order chi connectivity index (χ1) is 6.29. The molecule has 0 aromatic rings. The van der Waals surface area contributed by atoms with Crippen LogP contribution in [0.4, 0.5) is 0 Å². The molecule has 0 saturated carbocycles. The molecule has 0 aromatic heterocycles. The fourth-order valence-corrected chi connectivity index (χ4v) is 1.10. The van der Waals surface area contributed by atoms with Crippen molar-refractivity contribution in [1.82, 2.24) is 5.32 Å². The van der Waals surface area contributed by atoms with Crippen LogP contribution in [0.1, 0.15) is 27.7 Å². The van der Waals surface area contributed by atoms with Gasteiger partial charge in [0.2, 0.25) is 5.91 Å². The van der Waals surface area contributed by atoms with Gasteiger partial charge >= 0.3 is 0 Å². The van der Waals surface area contributed by atoms with Crippen LogP contribution in [0.5, 0.6) is 0 Å². The molecule has 0 heterocycles. The summed E-state index contributed by atoms with van der Waals surface area (Å²) >= 11 is 0. The number of ether oxygens (including phenoxy) is 1. The van der Waals surface area contributed by atoms with Gasteiger partial charge in [0.1, 0.15) is 0 Å². The molecule has 15 heavy (non-hydrogen) atoms. The first-order valence-electron chi connectivity index (χ1n) is 4.85. The molecular weight excluding hydrogens is 216 g/mol. The molecule has 92 valence electrons. The number of nitrogens with two attached hydrogens (primary N) is 1. The van der Waals surface area contributed by atoms with Crippen LogP contribution >= 0.6 is 12.4 Å². The van der Waals surface area contributed by atoms with Gasteiger partial charge < -0.3 is 15.8 Å². The van der Waals surface area contributed by atoms with Gasteiger partial charge in [-0.25, -0.2) is 0 Å². The predicted octanol–water partition coefficient (Wildman–Crippen LogP) is 0.933. The molecule has 0 rings (SSSR count). The topological polar surface area (TPSA) is 64.3 Å². The molecule has 1 amide bonds. The second-order valence-corrected chi connectivity index (χ2v) is 4.62. The highest BCUT2D eigenvalue weighted by molar-refractivity contribution is 5.85. The number of hydrogen-bond acceptors (Lipinski definition) is 3. The minimum absolute atomic E-state index is 0. The maximum atomic E-state index is 11.2. The van der Waals surface area contributed by atoms with Gasteiger partial charge in [0, 0.05) is 13.7 Å². The van der Waals surface area contributed by atoms with E-state index in [2.05, 4.69) is 26.1 Å². The summed E-state index contributed by atoms with van der Waals surface area (Å²) < 4.78 is 5.29. The van der Waals surface area contributed by atoms with Crippen LogP contribution in [0.2, 0.25) is 0 Å². The Kier molecular flexibility index (Phi) is 8.02. The fourth-order valence-electron chi connectivity index (χ4n) is 1.10. The van der Waals surface area contributed by atoms with Crippen molar-refractivity contribution < 1.29 is 9.53 Å². The molecule has 0 bridgehead atoms. The van der Waals surface area contributed by atoms with Crippen molar-refractivity contribution in [2.24, 2.45) is 11.1 Å². The van der Waals surface area contributed by atoms with Crippen molar-refractivity contribution in [3.8, 4) is 0 Å². The summed E-state index contributed by atoms with van der Waals surface area (Å²) in [6.45, 7) is 8.37. The van der Waals surface area contributed by atoms with E-state index < -0.39 is 6.04 Å². The van der Waals surface area contributed by atoms with Gasteiger partial charge in [-0.1, -0.05) is 20.8 Å². The van der Waals surface area contributed by atoms with E-state index in [9.17, 15) is 4.79 Å². The van der Waals surface area contributed by atoms with E-state index in [0.29, 0.717) is 6.54 Å². The Bertz CT molecular complexity index is 190. The van der Waals surface area contributed by atoms with Gasteiger partial charge in [-0.3, -0.25) is 4.79 Å². The van der Waals surface area contributed by atoms with E-state index in [1.54, 1.807) is 14.0 Å². The summed E-state index contributed by atoms with van der Waals surface area (Å²) in [5.74, 6) is -0.142. The van der Waals surface area contributed by atoms with Crippen LogP contribution < -0.4 is 11.1 Å². The summed E-state index contributed by atoms with van der Waals surface area (Å²) in [5.41, 5.74) is 5.43. The summed E-state index contributed by atoms with van der Waals surface area (Å²) in [5, 5.41) is 2.75. The van der Waals surface area contributed by atoms with Crippen LogP contribution in [0.25, 0.3) is 0 Å². The van der Waals surface area contributed by atoms with Gasteiger partial charge in [-0.05, 0) is 12.3 Å². The number of halogens is 1. The average molecular weight is 239 g/mol. The lowest BCUT2D eigenvalue weighted by molar-refractivity contribution is -0.123. The number of amides is 1. The molecule has 2 atom stereocenters. The molecular formula is C10H23ClN2O2. The van der Waals surface area contributed by atoms with E-state index in [0.717, 1.165) is 0 Å². The zero-order chi connectivity index (χ0) is 11.4. The summed E-state index contributed by atoms with van der Waals surface area (Å²) in [7, 11) is 1.65. The molecule has 5 heteroatoms. The zero-order valence-corrected chi connectivity index (χ0v) is 11.0. The zero-order valence-electron chi connectivity index (χ0n) is 10.2. The van der Waals surface area contributed by atoms with Gasteiger partial charge in [0.25, 0.3) is 0 Å². The van der Waals surface area contributed by atoms with Crippen LogP contribution in [-0.4, -0.2) is 31.7 Å². The smallest absolute Gasteiger partial charge is 0.236 e. The fraction of sp³-hybridized carbons (Fsp3) is 0.900. The van der Waals surface area contributed by atoms with E-state index in [1.807, 2.05) is 0 Å². The molecule has 0 fully saturated rings. The quantitative estimate of drug-likeness (QED) is 0.766. The molecule has 3 N–H and O–H groups in total. The van der Waals surface area contributed by atoms with Crippen molar-refractivity contribution in [2.75, 3.05) is 13.7 Å². The monoisotopic (exact) mass is 238 g/mol. The maximum absolute atomic E-state index is 11.2. The molecule has 0 saturated heterocycles. The Labute approximate surface area is 98.3 Å². The van der Waals surface area contributed by atoms with Crippen molar-refractivity contribution in [1.29, 1.82) is 0 Å². The molecule has 1 unspecified atom stereocenters. The summed E-state index contributed by atoms with van der Waals surface area (Å²) in [6, 6.07) is -0.465. The molecule has 0 radical (unpaired) electrons. The van der Waals surface area contributed by atoms with Gasteiger partial charge in [-0.15, -0.1) is 12.4 Å². The maximum Gasteiger partial charge on any atom is 0.236 e. The lowest BCUT2D eigenvalue weighted by Crippen LogP contribution is -2.45. The van der Waals surface area contributed by atoms with E-state index in [1.165, 1.54) is 0 Å². The Morgan fingerprint density at radius 1 is 1.47 bits per heavy atom. The Balaban J connectivity index is 0. The largest absolute Gasteiger partial charge is 0.379 e. The third-order valence-electron chi connectivity index (χ3n) is 2.13. The van der Waals surface area contributed by atoms with E-state index >= 15 is 0 Å². The summed E-state index contributed by atoms with van der Waals surface area (Å²) in [4.78, 5) is 11.2. The SMILES string of the molecule is COC(CNC(=O)[C@H](C)N)C(C)(C)C.Cl. The highest BCUT2D eigenvalue weighted by Crippen LogP contribution is 2.20. The van der Waals surface area contributed by atoms with E-state index in [-0.39, 0.29) is 29.8 Å². The van der Waals surface area contributed by atoms with Crippen molar-refractivity contribution in [3.05, 3.63) is 0 Å². The van der Waals surface area contributed by atoms with Crippen molar-refractivity contribution in [3.63, 3.8) is 0 Å². The normalized spacial score (nSPS) is 15.1. The number of nitrogens with one attached hydrogen (secondary N) is 1. The lowest BCUT2D eigenvalue weighted by Gasteiger charge is -2.29. The molecule has 0 aromatic carbocycles. The summed E-state index contributed by atoms with van der Waals surface area (Å²) in [6.07, 6.45) is 0.00481. The standard InChI is InChI=1S/C10H22N2O2.ClH/c1-7(11)9(13)12-6-8(14-5)10(2,3)4;/h7-8H,6,11H2,1-5H3,(H,12,13);1H/t7-,8?;/m0./s1. The first kappa shape index (κ1) is 17.1. The number of carbonyl (C=O) groups is 1. The lowest BCUT2D eigenvalue weighted by atomic mass is 9.89. The number of carbonyl (C=O) groups excluding carboxylic acids is 1. The average Bonchev–Trinajstić information content (AvgIpc) is 2.02. The molecule has 4 nitrogen and oxygen atoms in total. The van der Waals surface area contributed by atoms with Gasteiger partial charge in [-0.2, -0.15) is 0 Å². The Hall–Kier alpha value is -0.320. The van der Waals surface area contributed by atoms with Crippen LogP contribution in [0.3, 0.4) is 0 Å². The van der Waals surface area contributed by atoms with Crippen LogP contribution in [0.15, 0.2) is 0 Å². The van der Waals surface area contributed by atoms with Crippen LogP contribution in [0, 0.1) is 5.41 Å². The van der Waals surface area contributed by atoms with Crippen LogP contribution in [-0.2, 0) is 9.53 Å². The second kappa shape index (κ2) is 7.04. The Morgan fingerprint density at radius 3 is 2.20 bits per heavy atom.